The molecule has 4 aromatic rings. The third-order valence-electron chi connectivity index (χ3n) is 6.87. The Hall–Kier alpha value is -3.02. The van der Waals surface area contributed by atoms with Crippen LogP contribution in [0.3, 0.4) is 0 Å². The van der Waals surface area contributed by atoms with Gasteiger partial charge in [-0.2, -0.15) is 5.26 Å². The number of nitrogens with one attached hydrogen (secondary N) is 1. The number of hydrogen-bond donors (Lipinski definition) is 1. The quantitative estimate of drug-likeness (QED) is 0.509. The molecular weight excluding hydrogens is 418 g/mol. The van der Waals surface area contributed by atoms with Gasteiger partial charge in [-0.15, -0.1) is 0 Å². The van der Waals surface area contributed by atoms with Crippen LogP contribution in [0.25, 0.3) is 27.3 Å². The van der Waals surface area contributed by atoms with Crippen LogP contribution in [0, 0.1) is 18.3 Å². The van der Waals surface area contributed by atoms with E-state index >= 15 is 0 Å². The van der Waals surface area contributed by atoms with Crippen molar-refractivity contribution in [1.29, 1.82) is 5.26 Å². The SMILES string of the molecule is Cc1cn2cc(-c3ccc4nc(N(C)C5C[C@H]6CCC[C@@H](C5)N6)sc4n3)cc(C#N)c2n1. The number of piperidine rings is 2. The zero-order valence-corrected chi connectivity index (χ0v) is 19.1. The Bertz CT molecular complexity index is 1350. The summed E-state index contributed by atoms with van der Waals surface area (Å²) in [5, 5.41) is 14.4. The van der Waals surface area contributed by atoms with Crippen molar-refractivity contribution < 1.29 is 0 Å². The lowest BCUT2D eigenvalue weighted by atomic mass is 9.83. The van der Waals surface area contributed by atoms with Crippen LogP contribution >= 0.6 is 11.3 Å². The molecule has 4 aromatic heterocycles. The van der Waals surface area contributed by atoms with Crippen molar-refractivity contribution in [1.82, 2.24) is 24.7 Å². The Morgan fingerprint density at radius 3 is 2.75 bits per heavy atom. The Morgan fingerprint density at radius 2 is 1.97 bits per heavy atom. The highest BCUT2D eigenvalue weighted by molar-refractivity contribution is 7.21. The fourth-order valence-corrected chi connectivity index (χ4v) is 6.24. The van der Waals surface area contributed by atoms with Gasteiger partial charge in [-0.25, -0.2) is 15.0 Å². The molecule has 0 aromatic carbocycles. The molecule has 2 aliphatic rings. The molecule has 2 bridgehead atoms. The molecule has 32 heavy (non-hydrogen) atoms. The fourth-order valence-electron chi connectivity index (χ4n) is 5.27. The third kappa shape index (κ3) is 3.33. The fraction of sp³-hybridized carbons (Fsp3) is 0.417. The Balaban J connectivity index is 1.33. The van der Waals surface area contributed by atoms with Gasteiger partial charge in [-0.05, 0) is 50.8 Å². The molecule has 2 saturated heterocycles. The maximum absolute atomic E-state index is 9.59. The lowest BCUT2D eigenvalue weighted by Gasteiger charge is -2.43. The molecule has 1 N–H and O–H groups in total. The van der Waals surface area contributed by atoms with Gasteiger partial charge in [0.1, 0.15) is 16.4 Å². The van der Waals surface area contributed by atoms with Gasteiger partial charge in [0.15, 0.2) is 10.8 Å². The van der Waals surface area contributed by atoms with Crippen LogP contribution in [-0.2, 0) is 0 Å². The predicted octanol–water partition coefficient (Wildman–Crippen LogP) is 4.30. The van der Waals surface area contributed by atoms with Gasteiger partial charge in [-0.1, -0.05) is 17.8 Å². The lowest BCUT2D eigenvalue weighted by Crippen LogP contribution is -2.54. The molecule has 0 amide bonds. The zero-order chi connectivity index (χ0) is 21.8. The number of hydrogen-bond acceptors (Lipinski definition) is 7. The van der Waals surface area contributed by atoms with Crippen LogP contribution in [0.1, 0.15) is 43.4 Å². The number of aryl methyl sites for hydroxylation is 1. The van der Waals surface area contributed by atoms with Crippen molar-refractivity contribution in [2.75, 3.05) is 11.9 Å². The molecule has 3 atom stereocenters. The highest BCUT2D eigenvalue weighted by atomic mass is 32.1. The molecule has 6 heterocycles. The van der Waals surface area contributed by atoms with Gasteiger partial charge in [-0.3, -0.25) is 0 Å². The van der Waals surface area contributed by atoms with Crippen LogP contribution in [0.2, 0.25) is 0 Å². The number of imidazole rings is 1. The molecule has 2 fully saturated rings. The minimum absolute atomic E-state index is 0.525. The van der Waals surface area contributed by atoms with Crippen molar-refractivity contribution in [2.24, 2.45) is 0 Å². The van der Waals surface area contributed by atoms with E-state index in [1.807, 2.05) is 41.9 Å². The third-order valence-corrected chi connectivity index (χ3v) is 7.93. The summed E-state index contributed by atoms with van der Waals surface area (Å²) < 4.78 is 1.91. The summed E-state index contributed by atoms with van der Waals surface area (Å²) in [4.78, 5) is 17.6. The predicted molar refractivity (Wildman–Crippen MR) is 127 cm³/mol. The molecule has 2 aliphatic heterocycles. The van der Waals surface area contributed by atoms with Gasteiger partial charge in [0.2, 0.25) is 0 Å². The first-order valence-electron chi connectivity index (χ1n) is 11.2. The average molecular weight is 444 g/mol. The first kappa shape index (κ1) is 19.6. The van der Waals surface area contributed by atoms with E-state index in [1.165, 1.54) is 32.1 Å². The van der Waals surface area contributed by atoms with Crippen molar-refractivity contribution in [2.45, 2.75) is 57.2 Å². The summed E-state index contributed by atoms with van der Waals surface area (Å²) in [5.41, 5.74) is 4.80. The van der Waals surface area contributed by atoms with Crippen LogP contribution in [0.15, 0.2) is 30.6 Å². The number of rotatable bonds is 3. The number of pyridine rings is 2. The first-order chi connectivity index (χ1) is 15.6. The highest BCUT2D eigenvalue weighted by Crippen LogP contribution is 2.34. The molecule has 162 valence electrons. The van der Waals surface area contributed by atoms with Gasteiger partial charge in [0.05, 0.1) is 17.0 Å². The molecule has 0 radical (unpaired) electrons. The van der Waals surface area contributed by atoms with E-state index in [-0.39, 0.29) is 0 Å². The molecule has 8 heteroatoms. The second kappa shape index (κ2) is 7.54. The van der Waals surface area contributed by atoms with Gasteiger partial charge in [0.25, 0.3) is 0 Å². The van der Waals surface area contributed by atoms with E-state index < -0.39 is 0 Å². The Labute approximate surface area is 190 Å². The second-order valence-electron chi connectivity index (χ2n) is 9.11. The monoisotopic (exact) mass is 443 g/mol. The Kier molecular flexibility index (Phi) is 4.63. The van der Waals surface area contributed by atoms with Crippen LogP contribution in [-0.4, -0.2) is 44.5 Å². The molecule has 0 spiro atoms. The molecular formula is C24H25N7S. The van der Waals surface area contributed by atoms with E-state index in [0.717, 1.165) is 32.4 Å². The minimum Gasteiger partial charge on any atom is -0.348 e. The maximum atomic E-state index is 9.59. The number of nitriles is 1. The van der Waals surface area contributed by atoms with Gasteiger partial charge < -0.3 is 14.6 Å². The van der Waals surface area contributed by atoms with Gasteiger partial charge in [0, 0.05) is 43.1 Å². The topological polar surface area (TPSA) is 82.1 Å². The standard InChI is InChI=1S/C24H25N7S/c1-14-12-31-13-16(8-15(11-25)22(31)26-14)20-6-7-21-23(28-20)32-24(29-21)30(2)19-9-17-4-3-5-18(10-19)27-17/h6-8,12-13,17-19,27H,3-5,9-10H2,1-2H3/t17-,18+,19?. The highest BCUT2D eigenvalue weighted by Gasteiger charge is 2.33. The van der Waals surface area contributed by atoms with Crippen molar-refractivity contribution in [3.63, 3.8) is 0 Å². The number of anilines is 1. The lowest BCUT2D eigenvalue weighted by molar-refractivity contribution is 0.219. The second-order valence-corrected chi connectivity index (χ2v) is 10.1. The summed E-state index contributed by atoms with van der Waals surface area (Å²) in [6.07, 6.45) is 10.2. The van der Waals surface area contributed by atoms with Crippen LogP contribution in [0.4, 0.5) is 5.13 Å². The largest absolute Gasteiger partial charge is 0.348 e. The molecule has 7 nitrogen and oxygen atoms in total. The average Bonchev–Trinajstić information content (AvgIpc) is 3.39. The zero-order valence-electron chi connectivity index (χ0n) is 18.2. The number of nitrogens with zero attached hydrogens (tertiary/aromatic N) is 6. The van der Waals surface area contributed by atoms with E-state index in [4.69, 9.17) is 9.97 Å². The van der Waals surface area contributed by atoms with Gasteiger partial charge >= 0.3 is 0 Å². The summed E-state index contributed by atoms with van der Waals surface area (Å²) >= 11 is 1.65. The van der Waals surface area contributed by atoms with Crippen molar-refractivity contribution in [3.05, 3.63) is 41.9 Å². The van der Waals surface area contributed by atoms with Crippen LogP contribution in [0.5, 0.6) is 0 Å². The molecule has 0 saturated carbocycles. The number of fused-ring (bicyclic) bond motifs is 4. The summed E-state index contributed by atoms with van der Waals surface area (Å²) in [5.74, 6) is 0. The van der Waals surface area contributed by atoms with E-state index in [2.05, 4.69) is 28.3 Å². The van der Waals surface area contributed by atoms with E-state index in [0.29, 0.717) is 29.3 Å². The summed E-state index contributed by atoms with van der Waals surface area (Å²) in [6, 6.07) is 9.99. The summed E-state index contributed by atoms with van der Waals surface area (Å²) in [6.45, 7) is 1.93. The van der Waals surface area contributed by atoms with E-state index in [1.54, 1.807) is 11.3 Å². The van der Waals surface area contributed by atoms with Crippen molar-refractivity contribution >= 4 is 32.5 Å². The normalized spacial score (nSPS) is 22.8. The molecule has 6 rings (SSSR count). The number of thiazole rings is 1. The smallest absolute Gasteiger partial charge is 0.187 e. The van der Waals surface area contributed by atoms with Crippen molar-refractivity contribution in [3.8, 4) is 17.3 Å². The van der Waals surface area contributed by atoms with Crippen LogP contribution < -0.4 is 10.2 Å². The minimum atomic E-state index is 0.525. The molecule has 1 unspecified atom stereocenters. The maximum Gasteiger partial charge on any atom is 0.187 e. The number of aromatic nitrogens is 4. The summed E-state index contributed by atoms with van der Waals surface area (Å²) in [7, 11) is 2.18. The first-order valence-corrected chi connectivity index (χ1v) is 12.1. The van der Waals surface area contributed by atoms with E-state index in [9.17, 15) is 5.26 Å². The Morgan fingerprint density at radius 1 is 1.16 bits per heavy atom. The molecule has 0 aliphatic carbocycles.